The molecule has 2 fully saturated rings. The highest BCUT2D eigenvalue weighted by molar-refractivity contribution is 4.86. The number of likely N-dealkylation sites (tertiary alicyclic amines) is 2. The zero-order valence-corrected chi connectivity index (χ0v) is 16.1. The summed E-state index contributed by atoms with van der Waals surface area (Å²) in [6, 6.07) is 0. The van der Waals surface area contributed by atoms with Crippen molar-refractivity contribution in [2.45, 2.75) is 59.8 Å². The van der Waals surface area contributed by atoms with Crippen LogP contribution in [0.25, 0.3) is 0 Å². The number of hydrogen-bond acceptors (Lipinski definition) is 2. The van der Waals surface area contributed by atoms with Crippen molar-refractivity contribution < 1.29 is 8.78 Å². The van der Waals surface area contributed by atoms with Crippen molar-refractivity contribution in [2.24, 2.45) is 23.7 Å². The lowest BCUT2D eigenvalue weighted by Crippen LogP contribution is -2.48. The van der Waals surface area contributed by atoms with Crippen molar-refractivity contribution >= 4 is 0 Å². The number of rotatable bonds is 3. The van der Waals surface area contributed by atoms with Gasteiger partial charge in [-0.3, -0.25) is 0 Å². The van der Waals surface area contributed by atoms with Gasteiger partial charge >= 0.3 is 0 Å². The number of piperidine rings is 2. The summed E-state index contributed by atoms with van der Waals surface area (Å²) in [5, 5.41) is 0. The monoisotopic (exact) mass is 332 g/mol. The first-order valence-corrected chi connectivity index (χ1v) is 9.46. The first kappa shape index (κ1) is 20.8. The predicted molar refractivity (Wildman–Crippen MR) is 95.1 cm³/mol. The van der Waals surface area contributed by atoms with E-state index < -0.39 is 11.8 Å². The third-order valence-corrected chi connectivity index (χ3v) is 5.67. The van der Waals surface area contributed by atoms with Crippen molar-refractivity contribution in [3.63, 3.8) is 0 Å². The normalized spacial score (nSPS) is 27.1. The van der Waals surface area contributed by atoms with Crippen molar-refractivity contribution in [1.29, 1.82) is 0 Å². The molecule has 138 valence electrons. The van der Waals surface area contributed by atoms with Crippen LogP contribution in [-0.4, -0.2) is 55.5 Å². The quantitative estimate of drug-likeness (QED) is 0.745. The molecule has 0 N–H and O–H groups in total. The lowest BCUT2D eigenvalue weighted by Gasteiger charge is -2.38. The summed E-state index contributed by atoms with van der Waals surface area (Å²) in [4.78, 5) is 4.26. The number of nitrogens with zero attached hydrogens (tertiary/aromatic N) is 2. The van der Waals surface area contributed by atoms with Crippen molar-refractivity contribution in [1.82, 2.24) is 9.80 Å². The van der Waals surface area contributed by atoms with Gasteiger partial charge in [0, 0.05) is 5.92 Å². The van der Waals surface area contributed by atoms with E-state index in [1.807, 2.05) is 13.8 Å². The van der Waals surface area contributed by atoms with Gasteiger partial charge in [0.05, 0.1) is 6.54 Å². The maximum absolute atomic E-state index is 13.3. The van der Waals surface area contributed by atoms with Crippen LogP contribution in [0.5, 0.6) is 0 Å². The zero-order valence-electron chi connectivity index (χ0n) is 16.1. The Morgan fingerprint density at radius 2 is 1.52 bits per heavy atom. The number of halogens is 2. The molecule has 0 bridgehead atoms. The van der Waals surface area contributed by atoms with E-state index in [-0.39, 0.29) is 12.5 Å². The van der Waals surface area contributed by atoms with E-state index in [1.54, 1.807) is 11.9 Å². The van der Waals surface area contributed by atoms with E-state index >= 15 is 0 Å². The Bertz CT molecular complexity index is 323. The minimum absolute atomic E-state index is 0.0736. The second kappa shape index (κ2) is 9.31. The van der Waals surface area contributed by atoms with Gasteiger partial charge < -0.3 is 9.80 Å². The average molecular weight is 333 g/mol. The summed E-state index contributed by atoms with van der Waals surface area (Å²) in [6.45, 7) is 15.4. The Morgan fingerprint density at radius 1 is 0.957 bits per heavy atom. The molecule has 1 atom stereocenters. The second-order valence-corrected chi connectivity index (χ2v) is 8.15. The highest BCUT2D eigenvalue weighted by Gasteiger charge is 2.44. The molecule has 4 heteroatoms. The summed E-state index contributed by atoms with van der Waals surface area (Å²) in [6.07, 6.45) is 3.47. The Hall–Kier alpha value is -0.220. The van der Waals surface area contributed by atoms with Crippen molar-refractivity contribution in [3.8, 4) is 0 Å². The van der Waals surface area contributed by atoms with Gasteiger partial charge in [0.15, 0.2) is 0 Å². The van der Waals surface area contributed by atoms with Crippen LogP contribution in [0, 0.1) is 23.7 Å². The maximum Gasteiger partial charge on any atom is 0.263 e. The summed E-state index contributed by atoms with van der Waals surface area (Å²) in [7, 11) is 1.75. The first-order valence-electron chi connectivity index (χ1n) is 9.46. The Kier molecular flexibility index (Phi) is 8.43. The van der Waals surface area contributed by atoms with Crippen LogP contribution in [0.1, 0.15) is 53.9 Å². The van der Waals surface area contributed by atoms with Crippen LogP contribution in [0.15, 0.2) is 0 Å². The molecule has 0 amide bonds. The molecule has 23 heavy (non-hydrogen) atoms. The predicted octanol–water partition coefficient (Wildman–Crippen LogP) is 4.60. The Morgan fingerprint density at radius 3 is 1.91 bits per heavy atom. The van der Waals surface area contributed by atoms with E-state index in [0.29, 0.717) is 6.42 Å². The molecule has 0 spiro atoms. The van der Waals surface area contributed by atoms with E-state index in [2.05, 4.69) is 25.7 Å². The lowest BCUT2D eigenvalue weighted by molar-refractivity contribution is -0.119. The number of alkyl halides is 2. The average Bonchev–Trinajstić information content (AvgIpc) is 2.46. The zero-order chi connectivity index (χ0) is 17.6. The van der Waals surface area contributed by atoms with E-state index in [9.17, 15) is 8.78 Å². The first-order chi connectivity index (χ1) is 10.7. The highest BCUT2D eigenvalue weighted by Crippen LogP contribution is 2.36. The fourth-order valence-corrected chi connectivity index (χ4v) is 3.88. The van der Waals surface area contributed by atoms with Crippen LogP contribution in [-0.2, 0) is 0 Å². The molecule has 2 aliphatic heterocycles. The van der Waals surface area contributed by atoms with Crippen LogP contribution >= 0.6 is 0 Å². The molecule has 2 saturated heterocycles. The fourth-order valence-electron chi connectivity index (χ4n) is 3.88. The number of hydrogen-bond donors (Lipinski definition) is 0. The van der Waals surface area contributed by atoms with Crippen LogP contribution < -0.4 is 0 Å². The van der Waals surface area contributed by atoms with Crippen LogP contribution in [0.3, 0.4) is 0 Å². The molecule has 0 aliphatic carbocycles. The Labute approximate surface area is 142 Å². The summed E-state index contributed by atoms with van der Waals surface area (Å²) < 4.78 is 26.7. The van der Waals surface area contributed by atoms with Crippen molar-refractivity contribution in [2.75, 3.05) is 39.8 Å². The van der Waals surface area contributed by atoms with Crippen molar-refractivity contribution in [3.05, 3.63) is 0 Å². The lowest BCUT2D eigenvalue weighted by atomic mass is 9.84. The van der Waals surface area contributed by atoms with Gasteiger partial charge in [-0.15, -0.1) is 0 Å². The molecule has 2 rings (SSSR count). The van der Waals surface area contributed by atoms with Gasteiger partial charge in [-0.1, -0.05) is 34.6 Å². The van der Waals surface area contributed by atoms with Gasteiger partial charge in [-0.25, -0.2) is 8.78 Å². The molecular formula is C19H38F2N2. The summed E-state index contributed by atoms with van der Waals surface area (Å²) in [5.41, 5.74) is 0. The molecule has 0 aromatic carbocycles. The SMILES string of the molecule is CC(C)C1CCN(C)CC1(F)F.CCN1CCC(C(C)C)CC1. The molecule has 0 aromatic rings. The minimum atomic E-state index is -2.48. The molecule has 2 heterocycles. The summed E-state index contributed by atoms with van der Waals surface area (Å²) in [5.74, 6) is -0.921. The van der Waals surface area contributed by atoms with Gasteiger partial charge in [-0.05, 0) is 70.2 Å². The third-order valence-electron chi connectivity index (χ3n) is 5.67. The molecule has 2 nitrogen and oxygen atoms in total. The molecule has 0 aromatic heterocycles. The molecule has 0 saturated carbocycles. The smallest absolute Gasteiger partial charge is 0.263 e. The summed E-state index contributed by atoms with van der Waals surface area (Å²) >= 11 is 0. The molecule has 0 radical (unpaired) electrons. The van der Waals surface area contributed by atoms with E-state index in [4.69, 9.17) is 0 Å². The van der Waals surface area contributed by atoms with Gasteiger partial charge in [0.2, 0.25) is 0 Å². The van der Waals surface area contributed by atoms with E-state index in [0.717, 1.165) is 18.4 Å². The van der Waals surface area contributed by atoms with Crippen LogP contribution in [0.4, 0.5) is 8.78 Å². The third kappa shape index (κ3) is 6.66. The van der Waals surface area contributed by atoms with E-state index in [1.165, 1.54) is 32.5 Å². The second-order valence-electron chi connectivity index (χ2n) is 8.15. The minimum Gasteiger partial charge on any atom is -0.304 e. The Balaban J connectivity index is 0.000000231. The standard InChI is InChI=1S/C10H21N.C9H17F2N/c1-4-11-7-5-10(6-8-11)9(2)3;1-7(2)8-4-5-12(3)6-9(8,10)11/h9-10H,4-8H2,1-3H3;7-8H,4-6H2,1-3H3. The van der Waals surface area contributed by atoms with Gasteiger partial charge in [-0.2, -0.15) is 0 Å². The largest absolute Gasteiger partial charge is 0.304 e. The molecular weight excluding hydrogens is 294 g/mol. The fraction of sp³-hybridized carbons (Fsp3) is 1.00. The maximum atomic E-state index is 13.3. The molecule has 2 aliphatic rings. The van der Waals surface area contributed by atoms with Gasteiger partial charge in [0.25, 0.3) is 5.92 Å². The topological polar surface area (TPSA) is 6.48 Å². The van der Waals surface area contributed by atoms with Gasteiger partial charge in [0.1, 0.15) is 0 Å². The highest BCUT2D eigenvalue weighted by atomic mass is 19.3. The molecule has 1 unspecified atom stereocenters. The van der Waals surface area contributed by atoms with Crippen LogP contribution in [0.2, 0.25) is 0 Å².